The van der Waals surface area contributed by atoms with Gasteiger partial charge in [-0.1, -0.05) is 6.07 Å². The highest BCUT2D eigenvalue weighted by Gasteiger charge is 2.15. The number of esters is 1. The van der Waals surface area contributed by atoms with Crippen LogP contribution >= 0.6 is 0 Å². The zero-order valence-electron chi connectivity index (χ0n) is 10.9. The molecule has 0 bridgehead atoms. The van der Waals surface area contributed by atoms with E-state index in [-0.39, 0.29) is 17.3 Å². The first-order valence-electron chi connectivity index (χ1n) is 5.61. The standard InChI is InChI=1S/C12H12FN3O3S/c1-19-11(17)10-5-9(13)4-3-8(10)6-16-7-14-15-12(16)20(2)18/h3-5,7H,6H2,1-2H3/t20-/m0/s1. The molecule has 0 aliphatic rings. The van der Waals surface area contributed by atoms with E-state index in [0.29, 0.717) is 5.56 Å². The summed E-state index contributed by atoms with van der Waals surface area (Å²) in [5.41, 5.74) is 0.652. The zero-order chi connectivity index (χ0) is 14.7. The number of hydrogen-bond acceptors (Lipinski definition) is 5. The number of halogens is 1. The lowest BCUT2D eigenvalue weighted by Gasteiger charge is -2.09. The van der Waals surface area contributed by atoms with Crippen LogP contribution in [-0.2, 0) is 22.1 Å². The van der Waals surface area contributed by atoms with Gasteiger partial charge in [0.25, 0.3) is 0 Å². The van der Waals surface area contributed by atoms with E-state index < -0.39 is 22.6 Å². The fourth-order valence-corrected chi connectivity index (χ4v) is 2.35. The average Bonchev–Trinajstić information content (AvgIpc) is 2.88. The Labute approximate surface area is 117 Å². The number of aromatic nitrogens is 3. The van der Waals surface area contributed by atoms with Crippen molar-refractivity contribution in [3.8, 4) is 0 Å². The Bertz CT molecular complexity index is 672. The predicted octanol–water partition coefficient (Wildman–Crippen LogP) is 0.990. The molecular weight excluding hydrogens is 285 g/mol. The molecule has 20 heavy (non-hydrogen) atoms. The largest absolute Gasteiger partial charge is 0.465 e. The minimum atomic E-state index is -1.31. The molecule has 0 radical (unpaired) electrons. The number of rotatable bonds is 4. The average molecular weight is 297 g/mol. The molecule has 0 aliphatic carbocycles. The summed E-state index contributed by atoms with van der Waals surface area (Å²) in [6.07, 6.45) is 2.88. The highest BCUT2D eigenvalue weighted by Crippen LogP contribution is 2.15. The Balaban J connectivity index is 2.40. The molecule has 2 rings (SSSR count). The third kappa shape index (κ3) is 2.90. The van der Waals surface area contributed by atoms with Gasteiger partial charge in [0.2, 0.25) is 5.16 Å². The fourth-order valence-electron chi connectivity index (χ4n) is 1.75. The highest BCUT2D eigenvalue weighted by atomic mass is 32.2. The van der Waals surface area contributed by atoms with Gasteiger partial charge in [-0.05, 0) is 17.7 Å². The van der Waals surface area contributed by atoms with Crippen molar-refractivity contribution in [1.82, 2.24) is 14.8 Å². The van der Waals surface area contributed by atoms with Crippen molar-refractivity contribution < 1.29 is 18.1 Å². The molecule has 0 spiro atoms. The normalized spacial score (nSPS) is 12.2. The van der Waals surface area contributed by atoms with Crippen LogP contribution in [0.5, 0.6) is 0 Å². The summed E-state index contributed by atoms with van der Waals surface area (Å²) >= 11 is 0. The number of nitrogens with zero attached hydrogens (tertiary/aromatic N) is 3. The molecule has 0 N–H and O–H groups in total. The Morgan fingerprint density at radius 3 is 2.90 bits per heavy atom. The summed E-state index contributed by atoms with van der Waals surface area (Å²) < 4.78 is 30.9. The maximum Gasteiger partial charge on any atom is 0.338 e. The van der Waals surface area contributed by atoms with Gasteiger partial charge in [-0.25, -0.2) is 9.18 Å². The number of benzene rings is 1. The van der Waals surface area contributed by atoms with Gasteiger partial charge in [-0.2, -0.15) is 0 Å². The van der Waals surface area contributed by atoms with Crippen molar-refractivity contribution in [2.24, 2.45) is 0 Å². The van der Waals surface area contributed by atoms with Crippen LogP contribution in [0, 0.1) is 5.82 Å². The smallest absolute Gasteiger partial charge is 0.338 e. The fraction of sp³-hybridized carbons (Fsp3) is 0.250. The van der Waals surface area contributed by atoms with Gasteiger partial charge in [0.15, 0.2) is 0 Å². The molecular formula is C12H12FN3O3S. The number of hydrogen-bond donors (Lipinski definition) is 0. The van der Waals surface area contributed by atoms with E-state index in [9.17, 15) is 13.4 Å². The zero-order valence-corrected chi connectivity index (χ0v) is 11.7. The molecule has 1 aromatic heterocycles. The van der Waals surface area contributed by atoms with Crippen molar-refractivity contribution >= 4 is 16.8 Å². The number of ether oxygens (including phenoxy) is 1. The second-order valence-electron chi connectivity index (χ2n) is 3.99. The summed E-state index contributed by atoms with van der Waals surface area (Å²) in [5, 5.41) is 7.71. The van der Waals surface area contributed by atoms with Crippen LogP contribution < -0.4 is 0 Å². The van der Waals surface area contributed by atoms with Crippen LogP contribution in [0.3, 0.4) is 0 Å². The lowest BCUT2D eigenvalue weighted by molar-refractivity contribution is 0.0598. The van der Waals surface area contributed by atoms with Crippen molar-refractivity contribution in [3.63, 3.8) is 0 Å². The predicted molar refractivity (Wildman–Crippen MR) is 69.2 cm³/mol. The van der Waals surface area contributed by atoms with Crippen LogP contribution in [0.4, 0.5) is 4.39 Å². The monoisotopic (exact) mass is 297 g/mol. The molecule has 1 heterocycles. The minimum Gasteiger partial charge on any atom is -0.465 e. The van der Waals surface area contributed by atoms with Gasteiger partial charge in [-0.15, -0.1) is 10.2 Å². The molecule has 0 saturated heterocycles. The summed E-state index contributed by atoms with van der Waals surface area (Å²) in [6.45, 7) is 0.201. The highest BCUT2D eigenvalue weighted by molar-refractivity contribution is 7.84. The van der Waals surface area contributed by atoms with E-state index in [1.807, 2.05) is 0 Å². The molecule has 6 nitrogen and oxygen atoms in total. The van der Waals surface area contributed by atoms with Crippen LogP contribution in [0.25, 0.3) is 0 Å². The third-order valence-electron chi connectivity index (χ3n) is 2.66. The van der Waals surface area contributed by atoms with Crippen LogP contribution in [-0.4, -0.2) is 38.3 Å². The van der Waals surface area contributed by atoms with Gasteiger partial charge in [-0.3, -0.25) is 4.21 Å². The molecule has 1 aromatic carbocycles. The molecule has 0 aliphatic heterocycles. The Morgan fingerprint density at radius 2 is 2.25 bits per heavy atom. The van der Waals surface area contributed by atoms with Gasteiger partial charge in [0.1, 0.15) is 12.1 Å². The SMILES string of the molecule is COC(=O)c1cc(F)ccc1Cn1cnnc1[S@](C)=O. The van der Waals surface area contributed by atoms with E-state index >= 15 is 0 Å². The van der Waals surface area contributed by atoms with Crippen molar-refractivity contribution in [2.45, 2.75) is 11.7 Å². The second kappa shape index (κ2) is 5.91. The van der Waals surface area contributed by atoms with Crippen LogP contribution in [0.1, 0.15) is 15.9 Å². The maximum atomic E-state index is 13.2. The Kier molecular flexibility index (Phi) is 4.23. The second-order valence-corrected chi connectivity index (χ2v) is 5.26. The molecule has 0 amide bonds. The molecule has 0 saturated carbocycles. The lowest BCUT2D eigenvalue weighted by atomic mass is 10.1. The van der Waals surface area contributed by atoms with Crippen LogP contribution in [0.15, 0.2) is 29.7 Å². The maximum absolute atomic E-state index is 13.2. The quantitative estimate of drug-likeness (QED) is 0.787. The summed E-state index contributed by atoms with van der Waals surface area (Å²) in [5.74, 6) is -1.16. The van der Waals surface area contributed by atoms with Gasteiger partial charge in [0, 0.05) is 6.26 Å². The van der Waals surface area contributed by atoms with E-state index in [1.165, 1.54) is 36.4 Å². The summed E-state index contributed by atoms with van der Waals surface area (Å²) in [7, 11) is -0.0829. The van der Waals surface area contributed by atoms with E-state index in [2.05, 4.69) is 14.9 Å². The molecule has 0 unspecified atom stereocenters. The van der Waals surface area contributed by atoms with Crippen molar-refractivity contribution in [1.29, 1.82) is 0 Å². The first-order valence-corrected chi connectivity index (χ1v) is 7.16. The van der Waals surface area contributed by atoms with E-state index in [0.717, 1.165) is 6.07 Å². The summed E-state index contributed by atoms with van der Waals surface area (Å²) in [6, 6.07) is 3.83. The number of carbonyl (C=O) groups is 1. The van der Waals surface area contributed by atoms with Crippen molar-refractivity contribution in [2.75, 3.05) is 13.4 Å². The molecule has 8 heteroatoms. The first-order chi connectivity index (χ1) is 9.52. The minimum absolute atomic E-state index is 0.119. The number of carbonyl (C=O) groups excluding carboxylic acids is 1. The van der Waals surface area contributed by atoms with E-state index in [1.54, 1.807) is 0 Å². The van der Waals surface area contributed by atoms with E-state index in [4.69, 9.17) is 0 Å². The molecule has 0 fully saturated rings. The topological polar surface area (TPSA) is 74.1 Å². The Hall–Kier alpha value is -2.09. The number of methoxy groups -OCH3 is 1. The summed E-state index contributed by atoms with van der Waals surface area (Å²) in [4.78, 5) is 11.6. The van der Waals surface area contributed by atoms with Crippen LogP contribution in [0.2, 0.25) is 0 Å². The molecule has 1 atom stereocenters. The molecule has 106 valence electrons. The third-order valence-corrected chi connectivity index (χ3v) is 3.49. The Morgan fingerprint density at radius 1 is 1.50 bits per heavy atom. The van der Waals surface area contributed by atoms with Crippen molar-refractivity contribution in [3.05, 3.63) is 41.5 Å². The van der Waals surface area contributed by atoms with Gasteiger partial charge in [0.05, 0.1) is 30.0 Å². The van der Waals surface area contributed by atoms with Gasteiger partial charge < -0.3 is 9.30 Å². The first kappa shape index (κ1) is 14.3. The molecule has 2 aromatic rings. The lowest BCUT2D eigenvalue weighted by Crippen LogP contribution is -2.11. The van der Waals surface area contributed by atoms with Gasteiger partial charge >= 0.3 is 5.97 Å².